The summed E-state index contributed by atoms with van der Waals surface area (Å²) in [6, 6.07) is 10.2. The average Bonchev–Trinajstić information content (AvgIpc) is 2.34. The smallest absolute Gasteiger partial charge is 0.343 e. The SMILES string of the molecule is O=C(Oc1c(O)cccc1O)c1cccc(Cl)c1. The summed E-state index contributed by atoms with van der Waals surface area (Å²) in [4.78, 5) is 11.8. The van der Waals surface area contributed by atoms with E-state index in [9.17, 15) is 15.0 Å². The Balaban J connectivity index is 2.27. The molecule has 0 aliphatic heterocycles. The summed E-state index contributed by atoms with van der Waals surface area (Å²) in [5.41, 5.74) is 0.227. The number of hydrogen-bond donors (Lipinski definition) is 2. The fourth-order valence-electron chi connectivity index (χ4n) is 1.38. The molecule has 0 radical (unpaired) electrons. The number of rotatable bonds is 2. The molecule has 0 fully saturated rings. The highest BCUT2D eigenvalue weighted by atomic mass is 35.5. The summed E-state index contributed by atoms with van der Waals surface area (Å²) in [7, 11) is 0. The van der Waals surface area contributed by atoms with Gasteiger partial charge in [-0.15, -0.1) is 0 Å². The molecule has 0 saturated heterocycles. The number of phenolic OH excluding ortho intramolecular Hbond substituents is 2. The van der Waals surface area contributed by atoms with Crippen LogP contribution < -0.4 is 4.74 Å². The Morgan fingerprint density at radius 1 is 1.06 bits per heavy atom. The third-order valence-corrected chi connectivity index (χ3v) is 2.46. The molecule has 2 rings (SSSR count). The number of ether oxygens (including phenoxy) is 1. The van der Waals surface area contributed by atoms with Crippen molar-refractivity contribution in [3.63, 3.8) is 0 Å². The van der Waals surface area contributed by atoms with E-state index in [1.807, 2.05) is 0 Å². The van der Waals surface area contributed by atoms with Crippen LogP contribution in [0.1, 0.15) is 10.4 Å². The Bertz CT molecular complexity index is 575. The highest BCUT2D eigenvalue weighted by molar-refractivity contribution is 6.30. The van der Waals surface area contributed by atoms with Crippen molar-refractivity contribution in [1.29, 1.82) is 0 Å². The molecule has 0 saturated carbocycles. The molecule has 2 aromatic carbocycles. The maximum atomic E-state index is 11.8. The van der Waals surface area contributed by atoms with Gasteiger partial charge in [-0.1, -0.05) is 23.7 Å². The quantitative estimate of drug-likeness (QED) is 0.646. The fraction of sp³-hybridized carbons (Fsp3) is 0. The Morgan fingerprint density at radius 3 is 2.28 bits per heavy atom. The molecule has 0 aromatic heterocycles. The summed E-state index contributed by atoms with van der Waals surface area (Å²) >= 11 is 5.75. The molecule has 2 N–H and O–H groups in total. The largest absolute Gasteiger partial charge is 0.504 e. The number of hydrogen-bond acceptors (Lipinski definition) is 4. The van der Waals surface area contributed by atoms with E-state index in [1.54, 1.807) is 12.1 Å². The lowest BCUT2D eigenvalue weighted by Gasteiger charge is -2.07. The van der Waals surface area contributed by atoms with Crippen LogP contribution in [0.15, 0.2) is 42.5 Å². The lowest BCUT2D eigenvalue weighted by Crippen LogP contribution is -2.08. The van der Waals surface area contributed by atoms with E-state index in [1.165, 1.54) is 30.3 Å². The third-order valence-electron chi connectivity index (χ3n) is 2.23. The number of carbonyl (C=O) groups is 1. The minimum Gasteiger partial charge on any atom is -0.504 e. The molecular formula is C13H9ClO4. The van der Waals surface area contributed by atoms with Crippen LogP contribution in [0.4, 0.5) is 0 Å². The number of phenols is 2. The summed E-state index contributed by atoms with van der Waals surface area (Å²) < 4.78 is 4.92. The summed E-state index contributed by atoms with van der Waals surface area (Å²) in [6.45, 7) is 0. The van der Waals surface area contributed by atoms with Gasteiger partial charge in [0.25, 0.3) is 0 Å². The Morgan fingerprint density at radius 2 is 1.67 bits per heavy atom. The number of benzene rings is 2. The van der Waals surface area contributed by atoms with Crippen molar-refractivity contribution in [3.8, 4) is 17.2 Å². The predicted octanol–water partition coefficient (Wildman–Crippen LogP) is 2.97. The summed E-state index contributed by atoms with van der Waals surface area (Å²) in [5.74, 6) is -1.62. The molecule has 0 aliphatic carbocycles. The highest BCUT2D eigenvalue weighted by Gasteiger charge is 2.15. The van der Waals surface area contributed by atoms with Gasteiger partial charge in [0.05, 0.1) is 5.56 Å². The number of halogens is 1. The highest BCUT2D eigenvalue weighted by Crippen LogP contribution is 2.35. The van der Waals surface area contributed by atoms with Crippen molar-refractivity contribution >= 4 is 17.6 Å². The van der Waals surface area contributed by atoms with Crippen LogP contribution in [0, 0.1) is 0 Å². The number of aromatic hydroxyl groups is 2. The Kier molecular flexibility index (Phi) is 3.39. The third kappa shape index (κ3) is 2.55. The van der Waals surface area contributed by atoms with Gasteiger partial charge < -0.3 is 14.9 Å². The molecule has 0 atom stereocenters. The summed E-state index contributed by atoms with van der Waals surface area (Å²) in [5, 5.41) is 19.4. The number of esters is 1. The fourth-order valence-corrected chi connectivity index (χ4v) is 1.57. The van der Waals surface area contributed by atoms with E-state index in [0.29, 0.717) is 5.02 Å². The zero-order chi connectivity index (χ0) is 13.1. The second-order valence-corrected chi connectivity index (χ2v) is 3.96. The van der Waals surface area contributed by atoms with Crippen LogP contribution in [0.2, 0.25) is 5.02 Å². The maximum Gasteiger partial charge on any atom is 0.343 e. The molecule has 5 heteroatoms. The van der Waals surface area contributed by atoms with E-state index in [-0.39, 0.29) is 22.8 Å². The monoisotopic (exact) mass is 264 g/mol. The molecule has 0 amide bonds. The summed E-state index contributed by atoms with van der Waals surface area (Å²) in [6.07, 6.45) is 0. The van der Waals surface area contributed by atoms with E-state index < -0.39 is 5.97 Å². The minimum atomic E-state index is -0.714. The molecule has 0 unspecified atom stereocenters. The first-order chi connectivity index (χ1) is 8.58. The van der Waals surface area contributed by atoms with E-state index in [4.69, 9.17) is 16.3 Å². The van der Waals surface area contributed by atoms with Crippen molar-refractivity contribution < 1.29 is 19.7 Å². The van der Waals surface area contributed by atoms with Gasteiger partial charge in [0.15, 0.2) is 11.5 Å². The van der Waals surface area contributed by atoms with Gasteiger partial charge in [0.1, 0.15) is 0 Å². The predicted molar refractivity (Wildman–Crippen MR) is 66.2 cm³/mol. The lowest BCUT2D eigenvalue weighted by atomic mass is 10.2. The van der Waals surface area contributed by atoms with Crippen molar-refractivity contribution in [3.05, 3.63) is 53.1 Å². The minimum absolute atomic E-state index is 0.227. The van der Waals surface area contributed by atoms with E-state index >= 15 is 0 Å². The van der Waals surface area contributed by atoms with Gasteiger partial charge in [-0.2, -0.15) is 0 Å². The van der Waals surface area contributed by atoms with Gasteiger partial charge in [-0.05, 0) is 30.3 Å². The number of para-hydroxylation sites is 1. The van der Waals surface area contributed by atoms with Crippen molar-refractivity contribution in [2.75, 3.05) is 0 Å². The first-order valence-electron chi connectivity index (χ1n) is 5.06. The number of carbonyl (C=O) groups excluding carboxylic acids is 1. The molecule has 0 aliphatic rings. The van der Waals surface area contributed by atoms with Gasteiger partial charge in [0, 0.05) is 5.02 Å². The van der Waals surface area contributed by atoms with Crippen LogP contribution >= 0.6 is 11.6 Å². The standard InChI is InChI=1S/C13H9ClO4/c14-9-4-1-3-8(7-9)13(17)18-12-10(15)5-2-6-11(12)16/h1-7,15-16H. The zero-order valence-corrected chi connectivity index (χ0v) is 9.89. The van der Waals surface area contributed by atoms with Gasteiger partial charge >= 0.3 is 5.97 Å². The van der Waals surface area contributed by atoms with E-state index in [0.717, 1.165) is 0 Å². The first kappa shape index (κ1) is 12.3. The van der Waals surface area contributed by atoms with Crippen LogP contribution in [0.3, 0.4) is 0 Å². The topological polar surface area (TPSA) is 66.8 Å². The van der Waals surface area contributed by atoms with Crippen molar-refractivity contribution in [1.82, 2.24) is 0 Å². The second kappa shape index (κ2) is 4.98. The van der Waals surface area contributed by atoms with Crippen molar-refractivity contribution in [2.24, 2.45) is 0 Å². The first-order valence-corrected chi connectivity index (χ1v) is 5.44. The molecule has 18 heavy (non-hydrogen) atoms. The Hall–Kier alpha value is -2.20. The van der Waals surface area contributed by atoms with Crippen LogP contribution in [0.25, 0.3) is 0 Å². The van der Waals surface area contributed by atoms with Crippen molar-refractivity contribution in [2.45, 2.75) is 0 Å². The average molecular weight is 265 g/mol. The second-order valence-electron chi connectivity index (χ2n) is 3.53. The van der Waals surface area contributed by atoms with Gasteiger partial charge in [0.2, 0.25) is 5.75 Å². The van der Waals surface area contributed by atoms with Crippen LogP contribution in [0.5, 0.6) is 17.2 Å². The molecule has 0 spiro atoms. The van der Waals surface area contributed by atoms with Gasteiger partial charge in [-0.25, -0.2) is 4.79 Å². The van der Waals surface area contributed by atoms with E-state index in [2.05, 4.69) is 0 Å². The van der Waals surface area contributed by atoms with Crippen LogP contribution in [-0.4, -0.2) is 16.2 Å². The molecule has 0 heterocycles. The zero-order valence-electron chi connectivity index (χ0n) is 9.13. The van der Waals surface area contributed by atoms with Crippen LogP contribution in [-0.2, 0) is 0 Å². The maximum absolute atomic E-state index is 11.8. The Labute approximate surface area is 108 Å². The normalized spacial score (nSPS) is 10.1. The van der Waals surface area contributed by atoms with Gasteiger partial charge in [-0.3, -0.25) is 0 Å². The molecular weight excluding hydrogens is 256 g/mol. The molecule has 2 aromatic rings. The molecule has 0 bridgehead atoms. The molecule has 92 valence electrons. The molecule has 4 nitrogen and oxygen atoms in total. The lowest BCUT2D eigenvalue weighted by molar-refractivity contribution is 0.0724.